The Morgan fingerprint density at radius 1 is 1.35 bits per heavy atom. The number of amides is 1. The number of halogens is 1. The normalized spacial score (nSPS) is 10.2. The summed E-state index contributed by atoms with van der Waals surface area (Å²) in [5.74, 6) is -0.145. The minimum atomic E-state index is -1.67. The summed E-state index contributed by atoms with van der Waals surface area (Å²) in [6.07, 6.45) is 0. The first-order valence-corrected chi connectivity index (χ1v) is 5.83. The Morgan fingerprint density at radius 2 is 1.94 bits per heavy atom. The van der Waals surface area contributed by atoms with Gasteiger partial charge in [-0.1, -0.05) is 11.6 Å². The van der Waals surface area contributed by atoms with Gasteiger partial charge in [0, 0.05) is 29.1 Å². The Morgan fingerprint density at radius 3 is 2.41 bits per heavy atom. The van der Waals surface area contributed by atoms with E-state index >= 15 is 0 Å². The van der Waals surface area contributed by atoms with Crippen molar-refractivity contribution in [2.45, 2.75) is 13.8 Å². The van der Waals surface area contributed by atoms with Crippen molar-refractivity contribution in [1.82, 2.24) is 4.90 Å². The number of hydrogen-bond acceptors (Lipinski definition) is 3. The zero-order chi connectivity index (χ0) is 13.0. The number of carbonyl (C=O) groups is 1. The molecule has 0 saturated heterocycles. The molecule has 0 saturated carbocycles. The monoisotopic (exact) mass is 255 g/mol. The minimum Gasteiger partial charge on any atom is -0.423 e. The van der Waals surface area contributed by atoms with Gasteiger partial charge in [-0.25, -0.2) is 0 Å². The topological polar surface area (TPSA) is 60.8 Å². The molecule has 0 bridgehead atoms. The Bertz CT molecular complexity index is 408. The highest BCUT2D eigenvalue weighted by Gasteiger charge is 2.19. The molecule has 0 heterocycles. The van der Waals surface area contributed by atoms with Crippen molar-refractivity contribution in [1.29, 1.82) is 0 Å². The summed E-state index contributed by atoms with van der Waals surface area (Å²) in [7, 11) is -1.67. The number of nitrogens with zero attached hydrogens (tertiary/aromatic N) is 1. The highest BCUT2D eigenvalue weighted by atomic mass is 35.5. The molecule has 1 aromatic rings. The van der Waals surface area contributed by atoms with Gasteiger partial charge in [0.05, 0.1) is 0 Å². The Hall–Kier alpha value is -1.04. The molecule has 0 unspecified atom stereocenters. The number of benzene rings is 1. The van der Waals surface area contributed by atoms with Crippen molar-refractivity contribution in [3.05, 3.63) is 28.8 Å². The molecular formula is C11H15BClNO3. The predicted molar refractivity (Wildman–Crippen MR) is 68.5 cm³/mol. The molecule has 6 heteroatoms. The maximum Gasteiger partial charge on any atom is 0.489 e. The van der Waals surface area contributed by atoms with E-state index < -0.39 is 7.12 Å². The summed E-state index contributed by atoms with van der Waals surface area (Å²) < 4.78 is 0. The lowest BCUT2D eigenvalue weighted by Crippen LogP contribution is -2.34. The van der Waals surface area contributed by atoms with Crippen LogP contribution in [0.5, 0.6) is 0 Å². The molecule has 1 rings (SSSR count). The Kier molecular flexibility index (Phi) is 4.99. The largest absolute Gasteiger partial charge is 0.489 e. The Labute approximate surface area is 106 Å². The van der Waals surface area contributed by atoms with Crippen LogP contribution in [0.2, 0.25) is 5.02 Å². The summed E-state index contributed by atoms with van der Waals surface area (Å²) in [5.41, 5.74) is 0.547. The van der Waals surface area contributed by atoms with E-state index in [9.17, 15) is 4.79 Å². The van der Waals surface area contributed by atoms with E-state index in [1.807, 2.05) is 13.8 Å². The molecule has 17 heavy (non-hydrogen) atoms. The van der Waals surface area contributed by atoms with Crippen molar-refractivity contribution in [2.24, 2.45) is 0 Å². The quantitative estimate of drug-likeness (QED) is 0.771. The van der Waals surface area contributed by atoms with Gasteiger partial charge in [-0.05, 0) is 32.0 Å². The van der Waals surface area contributed by atoms with Gasteiger partial charge >= 0.3 is 7.12 Å². The standard InChI is InChI=1S/C11H15BClNO3/c1-3-14(4-2)11(15)8-5-6-10(13)9(7-8)12(16)17/h5-7,16-17H,3-4H2,1-2H3. The molecule has 0 aliphatic heterocycles. The third-order valence-electron chi connectivity index (χ3n) is 2.57. The van der Waals surface area contributed by atoms with Gasteiger partial charge in [0.15, 0.2) is 0 Å². The van der Waals surface area contributed by atoms with Gasteiger partial charge in [-0.3, -0.25) is 4.79 Å². The predicted octanol–water partition coefficient (Wildman–Crippen LogP) is 0.502. The molecule has 0 atom stereocenters. The average Bonchev–Trinajstić information content (AvgIpc) is 2.30. The van der Waals surface area contributed by atoms with Crippen molar-refractivity contribution in [3.8, 4) is 0 Å². The van der Waals surface area contributed by atoms with Crippen LogP contribution in [0.25, 0.3) is 0 Å². The van der Waals surface area contributed by atoms with Gasteiger partial charge in [0.2, 0.25) is 0 Å². The molecule has 0 spiro atoms. The highest BCUT2D eigenvalue weighted by molar-refractivity contribution is 6.62. The summed E-state index contributed by atoms with van der Waals surface area (Å²) >= 11 is 5.80. The molecular weight excluding hydrogens is 240 g/mol. The molecule has 92 valence electrons. The van der Waals surface area contributed by atoms with Crippen LogP contribution >= 0.6 is 11.6 Å². The molecule has 1 aromatic carbocycles. The SMILES string of the molecule is CCN(CC)C(=O)c1ccc(Cl)c(B(O)O)c1. The van der Waals surface area contributed by atoms with Crippen molar-refractivity contribution >= 4 is 30.1 Å². The number of rotatable bonds is 4. The molecule has 0 aromatic heterocycles. The van der Waals surface area contributed by atoms with Crippen molar-refractivity contribution in [3.63, 3.8) is 0 Å². The van der Waals surface area contributed by atoms with E-state index in [0.717, 1.165) is 0 Å². The zero-order valence-electron chi connectivity index (χ0n) is 9.85. The maximum absolute atomic E-state index is 12.0. The molecule has 1 amide bonds. The fourth-order valence-electron chi connectivity index (χ4n) is 1.57. The second-order valence-electron chi connectivity index (χ2n) is 3.59. The van der Waals surface area contributed by atoms with Crippen LogP contribution in [-0.2, 0) is 0 Å². The lowest BCUT2D eigenvalue weighted by atomic mass is 9.79. The first-order chi connectivity index (χ1) is 8.01. The highest BCUT2D eigenvalue weighted by Crippen LogP contribution is 2.10. The first-order valence-electron chi connectivity index (χ1n) is 5.46. The van der Waals surface area contributed by atoms with E-state index in [1.165, 1.54) is 12.1 Å². The summed E-state index contributed by atoms with van der Waals surface area (Å²) in [4.78, 5) is 13.7. The third kappa shape index (κ3) is 3.22. The van der Waals surface area contributed by atoms with Crippen LogP contribution in [0.4, 0.5) is 0 Å². The number of hydrogen-bond donors (Lipinski definition) is 2. The van der Waals surface area contributed by atoms with E-state index in [2.05, 4.69) is 0 Å². The third-order valence-corrected chi connectivity index (χ3v) is 2.92. The lowest BCUT2D eigenvalue weighted by Gasteiger charge is -2.19. The van der Waals surface area contributed by atoms with Gasteiger partial charge in [0.1, 0.15) is 0 Å². The van der Waals surface area contributed by atoms with Gasteiger partial charge < -0.3 is 14.9 Å². The second-order valence-corrected chi connectivity index (χ2v) is 3.99. The smallest absolute Gasteiger partial charge is 0.423 e. The summed E-state index contributed by atoms with van der Waals surface area (Å²) in [6, 6.07) is 4.48. The van der Waals surface area contributed by atoms with Crippen LogP contribution in [0.15, 0.2) is 18.2 Å². The van der Waals surface area contributed by atoms with Crippen LogP contribution in [-0.4, -0.2) is 41.1 Å². The molecule has 0 radical (unpaired) electrons. The van der Waals surface area contributed by atoms with Gasteiger partial charge in [0.25, 0.3) is 5.91 Å². The van der Waals surface area contributed by atoms with Crippen LogP contribution in [0, 0.1) is 0 Å². The molecule has 0 fully saturated rings. The fraction of sp³-hybridized carbons (Fsp3) is 0.364. The van der Waals surface area contributed by atoms with E-state index in [-0.39, 0.29) is 16.4 Å². The summed E-state index contributed by atoms with van der Waals surface area (Å²) in [5, 5.41) is 18.5. The van der Waals surface area contributed by atoms with E-state index in [0.29, 0.717) is 18.7 Å². The van der Waals surface area contributed by atoms with Gasteiger partial charge in [-0.15, -0.1) is 0 Å². The minimum absolute atomic E-state index is 0.143. The second kappa shape index (κ2) is 6.05. The number of carbonyl (C=O) groups excluding carboxylic acids is 1. The molecule has 0 aliphatic carbocycles. The maximum atomic E-state index is 12.0. The summed E-state index contributed by atoms with van der Waals surface area (Å²) in [6.45, 7) is 4.99. The van der Waals surface area contributed by atoms with Crippen LogP contribution < -0.4 is 5.46 Å². The van der Waals surface area contributed by atoms with Crippen LogP contribution in [0.1, 0.15) is 24.2 Å². The first kappa shape index (κ1) is 14.0. The molecule has 4 nitrogen and oxygen atoms in total. The average molecular weight is 256 g/mol. The van der Waals surface area contributed by atoms with Crippen LogP contribution in [0.3, 0.4) is 0 Å². The molecule has 2 N–H and O–H groups in total. The molecule has 0 aliphatic rings. The lowest BCUT2D eigenvalue weighted by molar-refractivity contribution is 0.0773. The fourth-order valence-corrected chi connectivity index (χ4v) is 1.78. The van der Waals surface area contributed by atoms with E-state index in [1.54, 1.807) is 11.0 Å². The van der Waals surface area contributed by atoms with Crippen molar-refractivity contribution in [2.75, 3.05) is 13.1 Å². The zero-order valence-corrected chi connectivity index (χ0v) is 10.6. The van der Waals surface area contributed by atoms with Crippen molar-refractivity contribution < 1.29 is 14.8 Å². The van der Waals surface area contributed by atoms with E-state index in [4.69, 9.17) is 21.6 Å². The van der Waals surface area contributed by atoms with Gasteiger partial charge in [-0.2, -0.15) is 0 Å². The Balaban J connectivity index is 3.07.